The van der Waals surface area contributed by atoms with Gasteiger partial charge in [-0.2, -0.15) is 0 Å². The van der Waals surface area contributed by atoms with Crippen LogP contribution in [-0.4, -0.2) is 26.7 Å². The van der Waals surface area contributed by atoms with Gasteiger partial charge < -0.3 is 9.64 Å². The van der Waals surface area contributed by atoms with Crippen LogP contribution in [0.1, 0.15) is 31.7 Å². The van der Waals surface area contributed by atoms with Gasteiger partial charge in [0.15, 0.2) is 0 Å². The average molecular weight is 235 g/mol. The van der Waals surface area contributed by atoms with E-state index < -0.39 is 0 Å². The molecule has 1 aromatic carbocycles. The Bertz CT molecular complexity index is 357. The van der Waals surface area contributed by atoms with E-state index in [0.717, 1.165) is 5.69 Å². The minimum atomic E-state index is -0.128. The van der Waals surface area contributed by atoms with Crippen molar-refractivity contribution in [2.75, 3.05) is 25.6 Å². The molecule has 0 radical (unpaired) electrons. The third kappa shape index (κ3) is 4.10. The average Bonchev–Trinajstić information content (AvgIpc) is 2.29. The Kier molecular flexibility index (Phi) is 5.01. The van der Waals surface area contributed by atoms with Crippen molar-refractivity contribution in [1.82, 2.24) is 0 Å². The van der Waals surface area contributed by atoms with Crippen LogP contribution in [0.3, 0.4) is 0 Å². The minimum Gasteiger partial charge on any atom is -0.466 e. The summed E-state index contributed by atoms with van der Waals surface area (Å²) in [6.45, 7) is 4.32. The zero-order valence-electron chi connectivity index (χ0n) is 11.1. The summed E-state index contributed by atoms with van der Waals surface area (Å²) in [6.07, 6.45) is 0.440. The second-order valence-corrected chi connectivity index (χ2v) is 4.40. The number of carbonyl (C=O) groups is 1. The second kappa shape index (κ2) is 6.28. The normalized spacial score (nSPS) is 12.0. The number of ether oxygens (including phenoxy) is 1. The highest BCUT2D eigenvalue weighted by Gasteiger charge is 2.11. The zero-order valence-corrected chi connectivity index (χ0v) is 11.1. The fourth-order valence-corrected chi connectivity index (χ4v) is 1.69. The summed E-state index contributed by atoms with van der Waals surface area (Å²) < 4.78 is 4.95. The van der Waals surface area contributed by atoms with Crippen molar-refractivity contribution < 1.29 is 9.53 Å². The molecule has 0 saturated carbocycles. The van der Waals surface area contributed by atoms with E-state index >= 15 is 0 Å². The summed E-state index contributed by atoms with van der Waals surface area (Å²) in [4.78, 5) is 13.4. The van der Waals surface area contributed by atoms with Gasteiger partial charge in [0.2, 0.25) is 0 Å². The number of nitrogens with zero attached hydrogens (tertiary/aromatic N) is 1. The Hall–Kier alpha value is -1.51. The van der Waals surface area contributed by atoms with E-state index in [1.165, 1.54) is 5.56 Å². The number of anilines is 1. The van der Waals surface area contributed by atoms with Gasteiger partial charge in [0.1, 0.15) is 0 Å². The molecule has 0 aliphatic rings. The van der Waals surface area contributed by atoms with Crippen molar-refractivity contribution in [2.24, 2.45) is 0 Å². The lowest BCUT2D eigenvalue weighted by Crippen LogP contribution is -2.10. The van der Waals surface area contributed by atoms with E-state index in [0.29, 0.717) is 13.0 Å². The SMILES string of the molecule is CCOC(=O)C[C@@H](C)c1ccc(N(C)C)cc1. The molecule has 0 bridgehead atoms. The van der Waals surface area contributed by atoms with Crippen LogP contribution >= 0.6 is 0 Å². The first-order valence-corrected chi connectivity index (χ1v) is 5.97. The number of carbonyl (C=O) groups excluding carboxylic acids is 1. The summed E-state index contributed by atoms with van der Waals surface area (Å²) >= 11 is 0. The van der Waals surface area contributed by atoms with Crippen LogP contribution in [0.15, 0.2) is 24.3 Å². The van der Waals surface area contributed by atoms with Crippen molar-refractivity contribution in [3.05, 3.63) is 29.8 Å². The van der Waals surface area contributed by atoms with E-state index in [1.54, 1.807) is 0 Å². The second-order valence-electron chi connectivity index (χ2n) is 4.40. The van der Waals surface area contributed by atoms with Gasteiger partial charge in [-0.1, -0.05) is 19.1 Å². The van der Waals surface area contributed by atoms with Crippen molar-refractivity contribution in [3.63, 3.8) is 0 Å². The quantitative estimate of drug-likeness (QED) is 0.735. The van der Waals surface area contributed by atoms with Gasteiger partial charge in [0.25, 0.3) is 0 Å². The molecular weight excluding hydrogens is 214 g/mol. The molecule has 0 saturated heterocycles. The van der Waals surface area contributed by atoms with Crippen LogP contribution < -0.4 is 4.90 Å². The topological polar surface area (TPSA) is 29.5 Å². The highest BCUT2D eigenvalue weighted by molar-refractivity contribution is 5.70. The van der Waals surface area contributed by atoms with Gasteiger partial charge in [0, 0.05) is 19.8 Å². The molecule has 1 rings (SSSR count). The molecule has 0 aliphatic heterocycles. The zero-order chi connectivity index (χ0) is 12.8. The first kappa shape index (κ1) is 13.6. The van der Waals surface area contributed by atoms with Gasteiger partial charge in [-0.05, 0) is 30.5 Å². The highest BCUT2D eigenvalue weighted by Crippen LogP contribution is 2.22. The summed E-state index contributed by atoms with van der Waals surface area (Å²) in [5.74, 6) is 0.0712. The molecule has 0 fully saturated rings. The standard InChI is InChI=1S/C14H21NO2/c1-5-17-14(16)10-11(2)12-6-8-13(9-7-12)15(3)4/h6-9,11H,5,10H2,1-4H3/t11-/m1/s1. The molecule has 1 aromatic rings. The largest absolute Gasteiger partial charge is 0.466 e. The first-order valence-electron chi connectivity index (χ1n) is 5.97. The Balaban J connectivity index is 2.63. The van der Waals surface area contributed by atoms with E-state index in [9.17, 15) is 4.79 Å². The van der Waals surface area contributed by atoms with Gasteiger partial charge in [0.05, 0.1) is 13.0 Å². The Morgan fingerprint density at radius 2 is 1.88 bits per heavy atom. The van der Waals surface area contributed by atoms with Gasteiger partial charge in [-0.15, -0.1) is 0 Å². The predicted octanol–water partition coefficient (Wildman–Crippen LogP) is 2.81. The smallest absolute Gasteiger partial charge is 0.306 e. The van der Waals surface area contributed by atoms with Crippen molar-refractivity contribution in [3.8, 4) is 0 Å². The van der Waals surface area contributed by atoms with E-state index in [-0.39, 0.29) is 11.9 Å². The monoisotopic (exact) mass is 235 g/mol. The first-order chi connectivity index (χ1) is 8.04. The lowest BCUT2D eigenvalue weighted by molar-refractivity contribution is -0.143. The summed E-state index contributed by atoms with van der Waals surface area (Å²) in [7, 11) is 4.02. The fraction of sp³-hybridized carbons (Fsp3) is 0.500. The fourth-order valence-electron chi connectivity index (χ4n) is 1.69. The molecule has 0 heterocycles. The summed E-state index contributed by atoms with van der Waals surface area (Å²) in [5, 5.41) is 0. The van der Waals surface area contributed by atoms with E-state index in [4.69, 9.17) is 4.74 Å². The molecule has 3 heteroatoms. The maximum Gasteiger partial charge on any atom is 0.306 e. The lowest BCUT2D eigenvalue weighted by Gasteiger charge is -2.15. The van der Waals surface area contributed by atoms with Crippen LogP contribution in [0.5, 0.6) is 0 Å². The van der Waals surface area contributed by atoms with Crippen LogP contribution in [0, 0.1) is 0 Å². The van der Waals surface area contributed by atoms with Gasteiger partial charge in [-0.25, -0.2) is 0 Å². The van der Waals surface area contributed by atoms with Gasteiger partial charge in [-0.3, -0.25) is 4.79 Å². The molecule has 0 amide bonds. The van der Waals surface area contributed by atoms with Crippen molar-refractivity contribution in [2.45, 2.75) is 26.2 Å². The van der Waals surface area contributed by atoms with E-state index in [2.05, 4.69) is 29.2 Å². The third-order valence-electron chi connectivity index (χ3n) is 2.76. The van der Waals surface area contributed by atoms with E-state index in [1.807, 2.05) is 27.9 Å². The van der Waals surface area contributed by atoms with Crippen LogP contribution in [0.2, 0.25) is 0 Å². The number of esters is 1. The van der Waals surface area contributed by atoms with Crippen LogP contribution in [-0.2, 0) is 9.53 Å². The van der Waals surface area contributed by atoms with Crippen LogP contribution in [0.25, 0.3) is 0 Å². The molecule has 3 nitrogen and oxygen atoms in total. The molecule has 17 heavy (non-hydrogen) atoms. The predicted molar refractivity (Wildman–Crippen MR) is 70.4 cm³/mol. The van der Waals surface area contributed by atoms with Crippen molar-refractivity contribution in [1.29, 1.82) is 0 Å². The Labute approximate surface area is 103 Å². The minimum absolute atomic E-state index is 0.128. The lowest BCUT2D eigenvalue weighted by atomic mass is 9.97. The highest BCUT2D eigenvalue weighted by atomic mass is 16.5. The molecule has 1 atom stereocenters. The molecule has 0 aromatic heterocycles. The Morgan fingerprint density at radius 3 is 2.35 bits per heavy atom. The third-order valence-corrected chi connectivity index (χ3v) is 2.76. The van der Waals surface area contributed by atoms with Gasteiger partial charge >= 0.3 is 5.97 Å². The number of hydrogen-bond acceptors (Lipinski definition) is 3. The molecule has 0 N–H and O–H groups in total. The number of benzene rings is 1. The summed E-state index contributed by atoms with van der Waals surface area (Å²) in [5.41, 5.74) is 2.33. The van der Waals surface area contributed by atoms with Crippen LogP contribution in [0.4, 0.5) is 5.69 Å². The molecule has 0 unspecified atom stereocenters. The maximum atomic E-state index is 11.4. The molecule has 94 valence electrons. The summed E-state index contributed by atoms with van der Waals surface area (Å²) in [6, 6.07) is 8.27. The Morgan fingerprint density at radius 1 is 1.29 bits per heavy atom. The molecule has 0 aliphatic carbocycles. The maximum absolute atomic E-state index is 11.4. The van der Waals surface area contributed by atoms with Crippen molar-refractivity contribution >= 4 is 11.7 Å². The molecular formula is C14H21NO2. The molecule has 0 spiro atoms. The number of hydrogen-bond donors (Lipinski definition) is 0. The number of rotatable bonds is 5.